The maximum absolute atomic E-state index is 11.5. The lowest BCUT2D eigenvalue weighted by Gasteiger charge is -2.39. The monoisotopic (exact) mass is 235 g/mol. The van der Waals surface area contributed by atoms with E-state index in [2.05, 4.69) is 0 Å². The van der Waals surface area contributed by atoms with Crippen molar-refractivity contribution >= 4 is 5.91 Å². The first kappa shape index (κ1) is 12.1. The zero-order chi connectivity index (χ0) is 12.3. The van der Waals surface area contributed by atoms with E-state index < -0.39 is 0 Å². The van der Waals surface area contributed by atoms with Crippen LogP contribution in [0.15, 0.2) is 30.3 Å². The molecule has 2 atom stereocenters. The molecule has 0 radical (unpaired) electrons. The van der Waals surface area contributed by atoms with E-state index in [0.717, 1.165) is 5.56 Å². The lowest BCUT2D eigenvalue weighted by atomic mass is 9.97. The fraction of sp³-hybridized carbons (Fsp3) is 0.462. The van der Waals surface area contributed by atoms with Crippen LogP contribution in [-0.4, -0.2) is 30.8 Å². The molecular formula is C13H17NO3. The summed E-state index contributed by atoms with van der Waals surface area (Å²) in [6.45, 7) is 2.30. The molecule has 1 saturated heterocycles. The summed E-state index contributed by atoms with van der Waals surface area (Å²) in [6.07, 6.45) is 0.505. The number of carbonyl (C=O) groups is 1. The van der Waals surface area contributed by atoms with Crippen molar-refractivity contribution in [1.29, 1.82) is 0 Å². The molecular weight excluding hydrogens is 218 g/mol. The first-order valence-corrected chi connectivity index (χ1v) is 5.75. The number of hydroxylamine groups is 2. The zero-order valence-electron chi connectivity index (χ0n) is 10.1. The van der Waals surface area contributed by atoms with Gasteiger partial charge in [0, 0.05) is 7.11 Å². The number of rotatable bonds is 5. The van der Waals surface area contributed by atoms with Crippen LogP contribution in [0, 0.1) is 0 Å². The zero-order valence-corrected chi connectivity index (χ0v) is 10.1. The standard InChI is InChI=1S/C13H17NO3/c1-10(16-2)9-17-14-12(8-13(14)15)11-6-4-3-5-7-11/h3-7,10,12H,8-9H2,1-2H3. The summed E-state index contributed by atoms with van der Waals surface area (Å²) < 4.78 is 5.08. The van der Waals surface area contributed by atoms with E-state index in [0.29, 0.717) is 13.0 Å². The Hall–Kier alpha value is -1.39. The minimum absolute atomic E-state index is 0.0141. The first-order chi connectivity index (χ1) is 8.22. The predicted octanol–water partition coefficient (Wildman–Crippen LogP) is 1.93. The minimum atomic E-state index is -0.0141. The topological polar surface area (TPSA) is 38.8 Å². The summed E-state index contributed by atoms with van der Waals surface area (Å²) >= 11 is 0. The van der Waals surface area contributed by atoms with Gasteiger partial charge in [0.1, 0.15) is 6.61 Å². The molecule has 4 nitrogen and oxygen atoms in total. The Morgan fingerprint density at radius 3 is 2.71 bits per heavy atom. The molecule has 1 fully saturated rings. The van der Waals surface area contributed by atoms with Gasteiger partial charge in [-0.1, -0.05) is 30.3 Å². The number of β-lactam (4-membered cyclic amide) rings is 1. The molecule has 92 valence electrons. The molecule has 2 unspecified atom stereocenters. The summed E-state index contributed by atoms with van der Waals surface area (Å²) in [5, 5.41) is 1.45. The van der Waals surface area contributed by atoms with E-state index in [9.17, 15) is 4.79 Å². The third-order valence-electron chi connectivity index (χ3n) is 2.93. The number of benzene rings is 1. The van der Waals surface area contributed by atoms with Crippen molar-refractivity contribution in [2.24, 2.45) is 0 Å². The molecule has 1 amide bonds. The molecule has 0 saturated carbocycles. The lowest BCUT2D eigenvalue weighted by Crippen LogP contribution is -2.47. The average Bonchev–Trinajstić information content (AvgIpc) is 2.36. The maximum atomic E-state index is 11.5. The fourth-order valence-electron chi connectivity index (χ4n) is 1.74. The van der Waals surface area contributed by atoms with Gasteiger partial charge in [0.25, 0.3) is 0 Å². The van der Waals surface area contributed by atoms with Crippen LogP contribution in [-0.2, 0) is 14.4 Å². The highest BCUT2D eigenvalue weighted by atomic mass is 16.7. The highest BCUT2D eigenvalue weighted by Crippen LogP contribution is 2.34. The van der Waals surface area contributed by atoms with Crippen LogP contribution in [0.4, 0.5) is 0 Å². The van der Waals surface area contributed by atoms with Gasteiger partial charge in [-0.25, -0.2) is 5.06 Å². The number of hydrogen-bond donors (Lipinski definition) is 0. The molecule has 0 bridgehead atoms. The van der Waals surface area contributed by atoms with E-state index in [1.165, 1.54) is 5.06 Å². The second kappa shape index (κ2) is 5.29. The average molecular weight is 235 g/mol. The highest BCUT2D eigenvalue weighted by molar-refractivity contribution is 5.82. The summed E-state index contributed by atoms with van der Waals surface area (Å²) in [4.78, 5) is 16.9. The number of methoxy groups -OCH3 is 1. The smallest absolute Gasteiger partial charge is 0.249 e. The van der Waals surface area contributed by atoms with Crippen LogP contribution >= 0.6 is 0 Å². The molecule has 1 aromatic carbocycles. The Morgan fingerprint density at radius 2 is 2.12 bits per heavy atom. The van der Waals surface area contributed by atoms with Crippen molar-refractivity contribution in [2.75, 3.05) is 13.7 Å². The molecule has 1 aliphatic heterocycles. The van der Waals surface area contributed by atoms with Crippen LogP contribution in [0.2, 0.25) is 0 Å². The second-order valence-corrected chi connectivity index (χ2v) is 4.19. The maximum Gasteiger partial charge on any atom is 0.249 e. The van der Waals surface area contributed by atoms with Gasteiger partial charge in [0.15, 0.2) is 0 Å². The van der Waals surface area contributed by atoms with Gasteiger partial charge >= 0.3 is 0 Å². The highest BCUT2D eigenvalue weighted by Gasteiger charge is 2.38. The molecule has 1 heterocycles. The van der Waals surface area contributed by atoms with E-state index in [1.807, 2.05) is 37.3 Å². The van der Waals surface area contributed by atoms with Gasteiger partial charge < -0.3 is 4.74 Å². The minimum Gasteiger partial charge on any atom is -0.379 e. The summed E-state index contributed by atoms with van der Waals surface area (Å²) in [7, 11) is 1.63. The number of nitrogens with zero attached hydrogens (tertiary/aromatic N) is 1. The number of carbonyl (C=O) groups excluding carboxylic acids is 1. The SMILES string of the molecule is COC(C)CON1C(=O)CC1c1ccccc1. The molecule has 1 aliphatic rings. The third kappa shape index (κ3) is 2.65. The number of ether oxygens (including phenoxy) is 1. The molecule has 0 spiro atoms. The third-order valence-corrected chi connectivity index (χ3v) is 2.93. The Morgan fingerprint density at radius 1 is 1.41 bits per heavy atom. The molecule has 4 heteroatoms. The second-order valence-electron chi connectivity index (χ2n) is 4.19. The van der Waals surface area contributed by atoms with E-state index in [1.54, 1.807) is 7.11 Å². The summed E-state index contributed by atoms with van der Waals surface area (Å²) in [5.74, 6) is 0.0298. The molecule has 1 aromatic rings. The number of hydrogen-bond acceptors (Lipinski definition) is 3. The van der Waals surface area contributed by atoms with Crippen LogP contribution in [0.5, 0.6) is 0 Å². The Bertz CT molecular complexity index is 380. The van der Waals surface area contributed by atoms with Crippen molar-refractivity contribution in [3.8, 4) is 0 Å². The quantitative estimate of drug-likeness (QED) is 0.732. The summed E-state index contributed by atoms with van der Waals surface area (Å²) in [6, 6.07) is 9.96. The van der Waals surface area contributed by atoms with Gasteiger partial charge in [0.05, 0.1) is 18.6 Å². The van der Waals surface area contributed by atoms with Gasteiger partial charge in [-0.2, -0.15) is 0 Å². The normalized spacial score (nSPS) is 21.2. The van der Waals surface area contributed by atoms with Crippen molar-refractivity contribution < 1.29 is 14.4 Å². The lowest BCUT2D eigenvalue weighted by molar-refractivity contribution is -0.237. The van der Waals surface area contributed by atoms with E-state index >= 15 is 0 Å². The molecule has 0 N–H and O–H groups in total. The van der Waals surface area contributed by atoms with Crippen LogP contribution in [0.25, 0.3) is 0 Å². The molecule has 17 heavy (non-hydrogen) atoms. The van der Waals surface area contributed by atoms with Crippen LogP contribution in [0.1, 0.15) is 24.9 Å². The van der Waals surface area contributed by atoms with Gasteiger partial charge in [-0.3, -0.25) is 9.63 Å². The summed E-state index contributed by atoms with van der Waals surface area (Å²) in [5.41, 5.74) is 1.11. The van der Waals surface area contributed by atoms with Gasteiger partial charge in [-0.15, -0.1) is 0 Å². The van der Waals surface area contributed by atoms with E-state index in [-0.39, 0.29) is 18.1 Å². The largest absolute Gasteiger partial charge is 0.379 e. The predicted molar refractivity (Wildman–Crippen MR) is 63.1 cm³/mol. The molecule has 0 aromatic heterocycles. The van der Waals surface area contributed by atoms with Crippen molar-refractivity contribution in [3.05, 3.63) is 35.9 Å². The van der Waals surface area contributed by atoms with Crippen LogP contribution < -0.4 is 0 Å². The number of amides is 1. The van der Waals surface area contributed by atoms with Crippen LogP contribution in [0.3, 0.4) is 0 Å². The van der Waals surface area contributed by atoms with Crippen molar-refractivity contribution in [3.63, 3.8) is 0 Å². The van der Waals surface area contributed by atoms with Gasteiger partial charge in [-0.05, 0) is 12.5 Å². The van der Waals surface area contributed by atoms with E-state index in [4.69, 9.17) is 9.57 Å². The van der Waals surface area contributed by atoms with Gasteiger partial charge in [0.2, 0.25) is 5.91 Å². The molecule has 0 aliphatic carbocycles. The Balaban J connectivity index is 1.94. The van der Waals surface area contributed by atoms with Crippen molar-refractivity contribution in [2.45, 2.75) is 25.5 Å². The molecule has 2 rings (SSSR count). The Labute approximate surface area is 101 Å². The first-order valence-electron chi connectivity index (χ1n) is 5.75. The fourth-order valence-corrected chi connectivity index (χ4v) is 1.74. The van der Waals surface area contributed by atoms with Crippen molar-refractivity contribution in [1.82, 2.24) is 5.06 Å². The Kier molecular flexibility index (Phi) is 3.76.